The lowest BCUT2D eigenvalue weighted by Gasteiger charge is -2.10. The van der Waals surface area contributed by atoms with Crippen molar-refractivity contribution < 1.29 is 4.74 Å². The van der Waals surface area contributed by atoms with Crippen molar-refractivity contribution in [1.82, 2.24) is 0 Å². The first kappa shape index (κ1) is 10.3. The summed E-state index contributed by atoms with van der Waals surface area (Å²) < 4.78 is 5.06. The van der Waals surface area contributed by atoms with Crippen molar-refractivity contribution in [3.8, 4) is 11.8 Å². The van der Waals surface area contributed by atoms with E-state index in [-0.39, 0.29) is 5.11 Å². The van der Waals surface area contributed by atoms with Crippen molar-refractivity contribution in [3.05, 3.63) is 23.8 Å². The number of nitrogens with two attached hydrogens (primary N) is 1. The number of ether oxygens (including phenoxy) is 1. The van der Waals surface area contributed by atoms with Gasteiger partial charge in [-0.05, 0) is 24.4 Å². The molecule has 0 aliphatic heterocycles. The number of thiocarbonyl (C=S) groups is 1. The van der Waals surface area contributed by atoms with Gasteiger partial charge in [-0.25, -0.2) is 0 Å². The SMILES string of the molecule is COc1cccc(C#N)c1NC(N)=S. The van der Waals surface area contributed by atoms with E-state index >= 15 is 0 Å². The largest absolute Gasteiger partial charge is 0.495 e. The van der Waals surface area contributed by atoms with Crippen LogP contribution in [-0.4, -0.2) is 12.2 Å². The Hall–Kier alpha value is -1.80. The van der Waals surface area contributed by atoms with Crippen molar-refractivity contribution in [1.29, 1.82) is 5.26 Å². The quantitative estimate of drug-likeness (QED) is 0.713. The topological polar surface area (TPSA) is 71.1 Å². The molecule has 0 heterocycles. The zero-order chi connectivity index (χ0) is 10.6. The Labute approximate surface area is 87.3 Å². The van der Waals surface area contributed by atoms with Gasteiger partial charge in [0.05, 0.1) is 12.7 Å². The summed E-state index contributed by atoms with van der Waals surface area (Å²) in [4.78, 5) is 0. The van der Waals surface area contributed by atoms with Gasteiger partial charge < -0.3 is 15.8 Å². The van der Waals surface area contributed by atoms with Crippen LogP contribution in [-0.2, 0) is 0 Å². The first-order valence-corrected chi connectivity index (χ1v) is 4.23. The molecule has 0 fully saturated rings. The van der Waals surface area contributed by atoms with E-state index in [0.717, 1.165) is 0 Å². The number of benzene rings is 1. The molecule has 0 aliphatic carbocycles. The van der Waals surface area contributed by atoms with Gasteiger partial charge in [-0.1, -0.05) is 6.07 Å². The van der Waals surface area contributed by atoms with Gasteiger partial charge in [0, 0.05) is 0 Å². The number of anilines is 1. The van der Waals surface area contributed by atoms with Crippen molar-refractivity contribution in [3.63, 3.8) is 0 Å². The van der Waals surface area contributed by atoms with Crippen LogP contribution in [0.15, 0.2) is 18.2 Å². The number of methoxy groups -OCH3 is 1. The van der Waals surface area contributed by atoms with Gasteiger partial charge in [-0.3, -0.25) is 0 Å². The van der Waals surface area contributed by atoms with Crippen molar-refractivity contribution in [2.24, 2.45) is 5.73 Å². The van der Waals surface area contributed by atoms with Crippen LogP contribution >= 0.6 is 12.2 Å². The summed E-state index contributed by atoms with van der Waals surface area (Å²) in [7, 11) is 1.52. The lowest BCUT2D eigenvalue weighted by Crippen LogP contribution is -2.20. The van der Waals surface area contributed by atoms with Crippen molar-refractivity contribution >= 4 is 23.0 Å². The predicted octanol–water partition coefficient (Wildman–Crippen LogP) is 1.22. The Kier molecular flexibility index (Phi) is 3.26. The third-order valence-corrected chi connectivity index (χ3v) is 1.72. The number of para-hydroxylation sites is 1. The Morgan fingerprint density at radius 3 is 2.86 bits per heavy atom. The minimum absolute atomic E-state index is 0.103. The average molecular weight is 207 g/mol. The summed E-state index contributed by atoms with van der Waals surface area (Å²) in [5, 5.41) is 11.6. The van der Waals surface area contributed by atoms with E-state index in [1.54, 1.807) is 18.2 Å². The van der Waals surface area contributed by atoms with Crippen LogP contribution < -0.4 is 15.8 Å². The minimum Gasteiger partial charge on any atom is -0.495 e. The zero-order valence-corrected chi connectivity index (χ0v) is 8.39. The minimum atomic E-state index is 0.103. The predicted molar refractivity (Wildman–Crippen MR) is 58.1 cm³/mol. The molecular weight excluding hydrogens is 198 g/mol. The van der Waals surface area contributed by atoms with Crippen LogP contribution in [0.2, 0.25) is 0 Å². The highest BCUT2D eigenvalue weighted by molar-refractivity contribution is 7.80. The van der Waals surface area contributed by atoms with Gasteiger partial charge in [-0.2, -0.15) is 5.26 Å². The van der Waals surface area contributed by atoms with Gasteiger partial charge in [0.15, 0.2) is 5.11 Å². The lowest BCUT2D eigenvalue weighted by molar-refractivity contribution is 0.417. The number of nitrogens with one attached hydrogen (secondary N) is 1. The summed E-state index contributed by atoms with van der Waals surface area (Å²) in [6, 6.07) is 7.12. The molecule has 4 nitrogen and oxygen atoms in total. The van der Waals surface area contributed by atoms with E-state index in [9.17, 15) is 0 Å². The van der Waals surface area contributed by atoms with Gasteiger partial charge in [-0.15, -0.1) is 0 Å². The first-order chi connectivity index (χ1) is 6.69. The van der Waals surface area contributed by atoms with E-state index in [1.807, 2.05) is 6.07 Å². The molecule has 0 saturated heterocycles. The van der Waals surface area contributed by atoms with Gasteiger partial charge in [0.25, 0.3) is 0 Å². The van der Waals surface area contributed by atoms with E-state index in [0.29, 0.717) is 17.0 Å². The van der Waals surface area contributed by atoms with Gasteiger partial charge >= 0.3 is 0 Å². The number of nitrogens with zero attached hydrogens (tertiary/aromatic N) is 1. The molecule has 0 unspecified atom stereocenters. The second-order valence-corrected chi connectivity index (χ2v) is 2.92. The number of hydrogen-bond acceptors (Lipinski definition) is 3. The van der Waals surface area contributed by atoms with E-state index in [4.69, 9.17) is 28.0 Å². The molecule has 1 aromatic rings. The fraction of sp³-hybridized carbons (Fsp3) is 0.111. The first-order valence-electron chi connectivity index (χ1n) is 3.82. The molecule has 0 aliphatic rings. The standard InChI is InChI=1S/C9H9N3OS/c1-13-7-4-2-3-6(5-10)8(7)12-9(11)14/h2-4H,1H3,(H3,11,12,14). The van der Waals surface area contributed by atoms with Crippen LogP contribution in [0.5, 0.6) is 5.75 Å². The Morgan fingerprint density at radius 2 is 2.36 bits per heavy atom. The van der Waals surface area contributed by atoms with E-state index in [2.05, 4.69) is 5.32 Å². The highest BCUT2D eigenvalue weighted by Gasteiger charge is 2.08. The summed E-state index contributed by atoms with van der Waals surface area (Å²) >= 11 is 4.69. The lowest BCUT2D eigenvalue weighted by atomic mass is 10.2. The maximum atomic E-state index is 8.82. The molecule has 0 saturated carbocycles. The third-order valence-electron chi connectivity index (χ3n) is 1.61. The third kappa shape index (κ3) is 2.12. The fourth-order valence-corrected chi connectivity index (χ4v) is 1.15. The molecule has 5 heteroatoms. The van der Waals surface area contributed by atoms with E-state index < -0.39 is 0 Å². The van der Waals surface area contributed by atoms with Crippen LogP contribution in [0, 0.1) is 11.3 Å². The van der Waals surface area contributed by atoms with Gasteiger partial charge in [0.2, 0.25) is 0 Å². The van der Waals surface area contributed by atoms with Crippen LogP contribution in [0.25, 0.3) is 0 Å². The van der Waals surface area contributed by atoms with Gasteiger partial charge in [0.1, 0.15) is 17.5 Å². The Balaban J connectivity index is 3.20. The average Bonchev–Trinajstić information content (AvgIpc) is 2.17. The Bertz CT molecular complexity index is 398. The number of hydrogen-bond donors (Lipinski definition) is 2. The highest BCUT2D eigenvalue weighted by Crippen LogP contribution is 2.27. The molecule has 3 N–H and O–H groups in total. The summed E-state index contributed by atoms with van der Waals surface area (Å²) in [5.41, 5.74) is 6.27. The number of nitriles is 1. The molecule has 72 valence electrons. The monoisotopic (exact) mass is 207 g/mol. The maximum absolute atomic E-state index is 8.82. The number of rotatable bonds is 2. The van der Waals surface area contributed by atoms with Crippen LogP contribution in [0.3, 0.4) is 0 Å². The van der Waals surface area contributed by atoms with E-state index in [1.165, 1.54) is 7.11 Å². The molecule has 14 heavy (non-hydrogen) atoms. The summed E-state index contributed by atoms with van der Waals surface area (Å²) in [6.45, 7) is 0. The fourth-order valence-electron chi connectivity index (χ4n) is 1.05. The summed E-state index contributed by atoms with van der Waals surface area (Å²) in [5.74, 6) is 0.539. The molecule has 1 aromatic carbocycles. The molecule has 0 spiro atoms. The second kappa shape index (κ2) is 4.44. The maximum Gasteiger partial charge on any atom is 0.168 e. The van der Waals surface area contributed by atoms with Crippen molar-refractivity contribution in [2.45, 2.75) is 0 Å². The molecule has 0 amide bonds. The second-order valence-electron chi connectivity index (χ2n) is 2.48. The molecule has 0 radical (unpaired) electrons. The molecule has 0 aromatic heterocycles. The molecule has 0 bridgehead atoms. The highest BCUT2D eigenvalue weighted by atomic mass is 32.1. The van der Waals surface area contributed by atoms with Crippen LogP contribution in [0.1, 0.15) is 5.56 Å². The zero-order valence-electron chi connectivity index (χ0n) is 7.57. The smallest absolute Gasteiger partial charge is 0.168 e. The Morgan fingerprint density at radius 1 is 1.64 bits per heavy atom. The normalized spacial score (nSPS) is 8.86. The van der Waals surface area contributed by atoms with Crippen molar-refractivity contribution in [2.75, 3.05) is 12.4 Å². The molecule has 0 atom stereocenters. The molecule has 1 rings (SSSR count). The van der Waals surface area contributed by atoms with Crippen LogP contribution in [0.4, 0.5) is 5.69 Å². The molecular formula is C9H9N3OS. The summed E-state index contributed by atoms with van der Waals surface area (Å²) in [6.07, 6.45) is 0.